The third kappa shape index (κ3) is 2.03. The summed E-state index contributed by atoms with van der Waals surface area (Å²) in [5.41, 5.74) is 5.68. The van der Waals surface area contributed by atoms with Crippen molar-refractivity contribution in [2.45, 2.75) is 12.8 Å². The molecule has 17 heavy (non-hydrogen) atoms. The van der Waals surface area contributed by atoms with Crippen molar-refractivity contribution < 1.29 is 4.79 Å². The number of nitrogens with one attached hydrogen (secondary N) is 1. The summed E-state index contributed by atoms with van der Waals surface area (Å²) in [6.07, 6.45) is 1.55. The molecule has 1 unspecified atom stereocenters. The van der Waals surface area contributed by atoms with E-state index in [0.29, 0.717) is 16.0 Å². The highest BCUT2D eigenvalue weighted by Crippen LogP contribution is 2.27. The maximum Gasteiger partial charge on any atom is 0.255 e. The molecule has 0 bridgehead atoms. The Morgan fingerprint density at radius 1 is 1.47 bits per heavy atom. The number of carbonyl (C=O) groups excluding carboxylic acids is 1. The number of halogens is 1. The Morgan fingerprint density at radius 2 is 2.18 bits per heavy atom. The number of amides is 1. The first-order valence-corrected chi connectivity index (χ1v) is 5.48. The first-order valence-electron chi connectivity index (χ1n) is 5.11. The third-order valence-corrected chi connectivity index (χ3v) is 3.11. The molecule has 0 saturated heterocycles. The molecule has 0 aliphatic carbocycles. The fourth-order valence-electron chi connectivity index (χ4n) is 1.71. The molecule has 0 spiro atoms. The first kappa shape index (κ1) is 11.7. The minimum atomic E-state index is -0.480. The number of nitrogens with two attached hydrogens (primary N) is 1. The van der Waals surface area contributed by atoms with Gasteiger partial charge in [0.2, 0.25) is 5.91 Å². The molecule has 1 amide bonds. The highest BCUT2D eigenvalue weighted by Gasteiger charge is 2.16. The molecule has 0 aliphatic rings. The lowest BCUT2D eigenvalue weighted by atomic mass is 9.98. The highest BCUT2D eigenvalue weighted by atomic mass is 35.5. The van der Waals surface area contributed by atoms with E-state index in [-0.39, 0.29) is 5.56 Å². The Morgan fingerprint density at radius 3 is 2.82 bits per heavy atom. The summed E-state index contributed by atoms with van der Waals surface area (Å²) in [5.74, 6) is -0.928. The van der Waals surface area contributed by atoms with Crippen molar-refractivity contribution in [2.24, 2.45) is 5.73 Å². The molecule has 5 heteroatoms. The molecule has 0 radical (unpaired) electrons. The highest BCUT2D eigenvalue weighted by molar-refractivity contribution is 6.32. The number of hydrogen-bond acceptors (Lipinski definition) is 2. The van der Waals surface area contributed by atoms with Crippen molar-refractivity contribution in [3.8, 4) is 0 Å². The van der Waals surface area contributed by atoms with E-state index in [9.17, 15) is 9.59 Å². The second kappa shape index (κ2) is 4.22. The number of pyridine rings is 1. The van der Waals surface area contributed by atoms with Crippen LogP contribution in [0.2, 0.25) is 5.02 Å². The molecule has 1 heterocycles. The monoisotopic (exact) mass is 250 g/mol. The number of H-pyrrole nitrogens is 1. The average Bonchev–Trinajstić information content (AvgIpc) is 2.28. The van der Waals surface area contributed by atoms with Gasteiger partial charge < -0.3 is 10.7 Å². The Bertz CT molecular complexity index is 648. The van der Waals surface area contributed by atoms with Crippen LogP contribution in [-0.2, 0) is 4.79 Å². The van der Waals surface area contributed by atoms with Gasteiger partial charge >= 0.3 is 0 Å². The Balaban J connectivity index is 2.72. The smallest absolute Gasteiger partial charge is 0.255 e. The Labute approximate surface area is 102 Å². The van der Waals surface area contributed by atoms with Gasteiger partial charge in [0.25, 0.3) is 5.56 Å². The summed E-state index contributed by atoms with van der Waals surface area (Å²) >= 11 is 6.05. The van der Waals surface area contributed by atoms with Crippen LogP contribution in [-0.4, -0.2) is 10.9 Å². The first-order chi connectivity index (χ1) is 8.00. The molecule has 0 saturated carbocycles. The van der Waals surface area contributed by atoms with E-state index < -0.39 is 11.8 Å². The van der Waals surface area contributed by atoms with Crippen molar-refractivity contribution in [1.29, 1.82) is 0 Å². The zero-order chi connectivity index (χ0) is 12.6. The lowest BCUT2D eigenvalue weighted by Crippen LogP contribution is -2.19. The number of hydrogen-bond donors (Lipinski definition) is 2. The van der Waals surface area contributed by atoms with Gasteiger partial charge in [-0.2, -0.15) is 0 Å². The number of benzene rings is 1. The van der Waals surface area contributed by atoms with Crippen LogP contribution in [0.5, 0.6) is 0 Å². The summed E-state index contributed by atoms with van der Waals surface area (Å²) in [5, 5.41) is 1.61. The predicted octanol–water partition coefficient (Wildman–Crippen LogP) is 1.77. The maximum absolute atomic E-state index is 11.5. The van der Waals surface area contributed by atoms with E-state index in [4.69, 9.17) is 17.3 Å². The lowest BCUT2D eigenvalue weighted by molar-refractivity contribution is -0.119. The fraction of sp³-hybridized carbons (Fsp3) is 0.167. The van der Waals surface area contributed by atoms with Crippen molar-refractivity contribution >= 4 is 28.3 Å². The summed E-state index contributed by atoms with van der Waals surface area (Å²) in [6, 6.07) is 5.04. The van der Waals surface area contributed by atoms with Crippen LogP contribution >= 0.6 is 11.6 Å². The minimum Gasteiger partial charge on any atom is -0.369 e. The number of rotatable bonds is 2. The number of aromatic amines is 1. The molecule has 3 N–H and O–H groups in total. The van der Waals surface area contributed by atoms with Gasteiger partial charge in [-0.25, -0.2) is 0 Å². The summed E-state index contributed by atoms with van der Waals surface area (Å²) in [7, 11) is 0. The topological polar surface area (TPSA) is 76.0 Å². The zero-order valence-corrected chi connectivity index (χ0v) is 9.91. The van der Waals surface area contributed by atoms with E-state index in [1.807, 2.05) is 0 Å². The van der Waals surface area contributed by atoms with E-state index in [1.54, 1.807) is 31.3 Å². The molecule has 0 fully saturated rings. The van der Waals surface area contributed by atoms with Crippen LogP contribution in [0.1, 0.15) is 18.4 Å². The van der Waals surface area contributed by atoms with Gasteiger partial charge in [0.15, 0.2) is 0 Å². The standard InChI is InChI=1S/C12H11ClN2O2/c1-6(11(14)16)8-4-7-2-3-15-12(17)9(7)5-10(8)13/h2-6H,1H3,(H2,14,16)(H,15,17). The number of fused-ring (bicyclic) bond motifs is 1. The van der Waals surface area contributed by atoms with Crippen molar-refractivity contribution in [3.05, 3.63) is 45.3 Å². The number of aromatic nitrogens is 1. The van der Waals surface area contributed by atoms with Gasteiger partial charge in [0.05, 0.1) is 5.92 Å². The van der Waals surface area contributed by atoms with Crippen molar-refractivity contribution in [1.82, 2.24) is 4.98 Å². The van der Waals surface area contributed by atoms with Gasteiger partial charge in [-0.05, 0) is 36.1 Å². The van der Waals surface area contributed by atoms with Crippen molar-refractivity contribution in [3.63, 3.8) is 0 Å². The molecular formula is C12H11ClN2O2. The van der Waals surface area contributed by atoms with Crippen LogP contribution in [0.3, 0.4) is 0 Å². The molecule has 2 aromatic rings. The Kier molecular flexibility index (Phi) is 2.90. The van der Waals surface area contributed by atoms with Gasteiger partial charge in [0.1, 0.15) is 0 Å². The van der Waals surface area contributed by atoms with Crippen LogP contribution in [0.4, 0.5) is 0 Å². The Hall–Kier alpha value is -1.81. The van der Waals surface area contributed by atoms with E-state index in [2.05, 4.69) is 4.98 Å². The second-order valence-electron chi connectivity index (χ2n) is 3.89. The fourth-order valence-corrected chi connectivity index (χ4v) is 2.04. The zero-order valence-electron chi connectivity index (χ0n) is 9.16. The number of carbonyl (C=O) groups is 1. The van der Waals surface area contributed by atoms with Crippen molar-refractivity contribution in [2.75, 3.05) is 0 Å². The molecule has 1 atom stereocenters. The molecular weight excluding hydrogens is 240 g/mol. The summed E-state index contributed by atoms with van der Waals surface area (Å²) in [6.45, 7) is 1.68. The molecule has 0 aliphatic heterocycles. The van der Waals surface area contributed by atoms with E-state index >= 15 is 0 Å². The summed E-state index contributed by atoms with van der Waals surface area (Å²) in [4.78, 5) is 25.3. The molecule has 2 rings (SSSR count). The third-order valence-electron chi connectivity index (χ3n) is 2.78. The molecule has 1 aromatic heterocycles. The SMILES string of the molecule is CC(C(N)=O)c1cc2cc[nH]c(=O)c2cc1Cl. The maximum atomic E-state index is 11.5. The van der Waals surface area contributed by atoms with Crippen LogP contribution < -0.4 is 11.3 Å². The van der Waals surface area contributed by atoms with Crippen LogP contribution in [0, 0.1) is 0 Å². The van der Waals surface area contributed by atoms with Gasteiger partial charge in [0, 0.05) is 16.6 Å². The van der Waals surface area contributed by atoms with Gasteiger partial charge in [-0.1, -0.05) is 11.6 Å². The van der Waals surface area contributed by atoms with E-state index in [1.165, 1.54) is 0 Å². The molecule has 4 nitrogen and oxygen atoms in total. The minimum absolute atomic E-state index is 0.206. The average molecular weight is 251 g/mol. The normalized spacial score (nSPS) is 12.6. The van der Waals surface area contributed by atoms with Gasteiger partial charge in [-0.3, -0.25) is 9.59 Å². The van der Waals surface area contributed by atoms with Crippen LogP contribution in [0.25, 0.3) is 10.8 Å². The predicted molar refractivity (Wildman–Crippen MR) is 67.2 cm³/mol. The van der Waals surface area contributed by atoms with Crippen LogP contribution in [0.15, 0.2) is 29.2 Å². The summed E-state index contributed by atoms with van der Waals surface area (Å²) < 4.78 is 0. The molecule has 88 valence electrons. The van der Waals surface area contributed by atoms with E-state index in [0.717, 1.165) is 5.39 Å². The lowest BCUT2D eigenvalue weighted by Gasteiger charge is -2.11. The van der Waals surface area contributed by atoms with Gasteiger partial charge in [-0.15, -0.1) is 0 Å². The quantitative estimate of drug-likeness (QED) is 0.852. The second-order valence-corrected chi connectivity index (χ2v) is 4.30. The molecule has 1 aromatic carbocycles. The largest absolute Gasteiger partial charge is 0.369 e. The number of primary amides is 1.